The van der Waals surface area contributed by atoms with Crippen LogP contribution in [0, 0.1) is 11.3 Å². The molecule has 1 N–H and O–H groups in total. The van der Waals surface area contributed by atoms with Gasteiger partial charge in [0, 0.05) is 11.6 Å². The molecule has 0 bridgehead atoms. The summed E-state index contributed by atoms with van der Waals surface area (Å²) in [7, 11) is 0. The Morgan fingerprint density at radius 2 is 1.77 bits per heavy atom. The molecule has 0 atom stereocenters. The quantitative estimate of drug-likeness (QED) is 0.595. The third-order valence-electron chi connectivity index (χ3n) is 5.55. The maximum absolute atomic E-state index is 12.8. The van der Waals surface area contributed by atoms with E-state index in [9.17, 15) is 14.4 Å². The molecular weight excluding hydrogens is 394 g/mol. The normalized spacial score (nSPS) is 18.2. The van der Waals surface area contributed by atoms with E-state index in [4.69, 9.17) is 10.00 Å². The molecule has 1 heterocycles. The first-order chi connectivity index (χ1) is 15.1. The van der Waals surface area contributed by atoms with Crippen molar-refractivity contribution >= 4 is 23.9 Å². The highest BCUT2D eigenvalue weighted by Gasteiger charge is 2.40. The van der Waals surface area contributed by atoms with E-state index in [1.165, 1.54) is 11.0 Å². The van der Waals surface area contributed by atoms with Crippen LogP contribution in [-0.4, -0.2) is 28.8 Å². The second kappa shape index (κ2) is 8.84. The third-order valence-corrected chi connectivity index (χ3v) is 5.55. The van der Waals surface area contributed by atoms with Crippen LogP contribution in [0.25, 0.3) is 6.08 Å². The van der Waals surface area contributed by atoms with Crippen LogP contribution in [0.1, 0.15) is 42.4 Å². The Bertz CT molecular complexity index is 1090. The summed E-state index contributed by atoms with van der Waals surface area (Å²) in [6.45, 7) is 0.253. The van der Waals surface area contributed by atoms with Gasteiger partial charge in [-0.25, -0.2) is 4.79 Å². The molecule has 2 fully saturated rings. The lowest BCUT2D eigenvalue weighted by Gasteiger charge is -2.31. The summed E-state index contributed by atoms with van der Waals surface area (Å²) in [6.07, 6.45) is 4.95. The van der Waals surface area contributed by atoms with Gasteiger partial charge >= 0.3 is 6.03 Å². The Morgan fingerprint density at radius 1 is 1.06 bits per heavy atom. The van der Waals surface area contributed by atoms with Gasteiger partial charge in [0.05, 0.1) is 11.6 Å². The molecule has 7 heteroatoms. The Hall–Kier alpha value is -3.92. The molecule has 1 saturated carbocycles. The number of benzene rings is 2. The van der Waals surface area contributed by atoms with Crippen LogP contribution in [0.2, 0.25) is 0 Å². The lowest BCUT2D eigenvalue weighted by molar-refractivity contribution is -0.131. The van der Waals surface area contributed by atoms with Crippen LogP contribution in [0.15, 0.2) is 54.1 Å². The number of hydrogen-bond donors (Lipinski definition) is 1. The van der Waals surface area contributed by atoms with E-state index < -0.39 is 17.8 Å². The van der Waals surface area contributed by atoms with Gasteiger partial charge in [-0.1, -0.05) is 43.2 Å². The molecule has 1 saturated heterocycles. The summed E-state index contributed by atoms with van der Waals surface area (Å²) in [5.74, 6) is -0.635. The third kappa shape index (κ3) is 4.33. The van der Waals surface area contributed by atoms with Crippen LogP contribution in [0.5, 0.6) is 5.75 Å². The molecule has 31 heavy (non-hydrogen) atoms. The highest BCUT2D eigenvalue weighted by molar-refractivity contribution is 6.31. The van der Waals surface area contributed by atoms with Crippen molar-refractivity contribution in [1.82, 2.24) is 10.2 Å². The number of carbonyl (C=O) groups excluding carboxylic acids is 3. The predicted octanol–water partition coefficient (Wildman–Crippen LogP) is 3.54. The van der Waals surface area contributed by atoms with Crippen molar-refractivity contribution in [2.24, 2.45) is 0 Å². The van der Waals surface area contributed by atoms with Gasteiger partial charge in [-0.2, -0.15) is 5.26 Å². The van der Waals surface area contributed by atoms with Crippen molar-refractivity contribution in [1.29, 1.82) is 5.26 Å². The van der Waals surface area contributed by atoms with Gasteiger partial charge in [-0.3, -0.25) is 19.8 Å². The lowest BCUT2D eigenvalue weighted by Crippen LogP contribution is -2.57. The van der Waals surface area contributed by atoms with E-state index in [2.05, 4.69) is 11.4 Å². The number of nitrogens with one attached hydrogen (secondary N) is 1. The lowest BCUT2D eigenvalue weighted by atomic mass is 10.1. The predicted molar refractivity (Wildman–Crippen MR) is 113 cm³/mol. The minimum atomic E-state index is -0.683. The fourth-order valence-electron chi connectivity index (χ4n) is 3.91. The molecule has 0 spiro atoms. The standard InChI is InChI=1S/C24H21N3O4/c25-14-17-5-1-2-6-18(17)15-31-20-11-9-16(10-12-20)13-21-22(28)26-24(30)27(23(21)29)19-7-3-4-8-19/h1-2,5-6,9-13,19H,3-4,7-8,15H2,(H,26,28,30)/b21-13+. The average Bonchev–Trinajstić information content (AvgIpc) is 3.30. The van der Waals surface area contributed by atoms with E-state index >= 15 is 0 Å². The SMILES string of the molecule is N#Cc1ccccc1COc1ccc(/C=C2\C(=O)NC(=O)N(C3CCCC3)C2=O)cc1. The number of barbiturate groups is 1. The fraction of sp³-hybridized carbons (Fsp3) is 0.250. The molecule has 0 radical (unpaired) electrons. The second-order valence-electron chi connectivity index (χ2n) is 7.56. The smallest absolute Gasteiger partial charge is 0.331 e. The summed E-state index contributed by atoms with van der Waals surface area (Å²) in [5.41, 5.74) is 1.94. The number of imide groups is 2. The van der Waals surface area contributed by atoms with E-state index in [-0.39, 0.29) is 18.2 Å². The van der Waals surface area contributed by atoms with Crippen molar-refractivity contribution in [2.45, 2.75) is 38.3 Å². The summed E-state index contributed by atoms with van der Waals surface area (Å²) in [6, 6.07) is 15.5. The van der Waals surface area contributed by atoms with Gasteiger partial charge in [0.15, 0.2) is 0 Å². The Morgan fingerprint density at radius 3 is 2.48 bits per heavy atom. The molecule has 2 aromatic carbocycles. The Labute approximate surface area is 179 Å². The van der Waals surface area contributed by atoms with E-state index in [1.54, 1.807) is 36.4 Å². The van der Waals surface area contributed by atoms with Crippen LogP contribution >= 0.6 is 0 Å². The number of nitrogens with zero attached hydrogens (tertiary/aromatic N) is 2. The minimum Gasteiger partial charge on any atom is -0.489 e. The summed E-state index contributed by atoms with van der Waals surface area (Å²) >= 11 is 0. The fourth-order valence-corrected chi connectivity index (χ4v) is 3.91. The number of ether oxygens (including phenoxy) is 1. The summed E-state index contributed by atoms with van der Waals surface area (Å²) < 4.78 is 5.75. The molecule has 156 valence electrons. The molecule has 2 aliphatic rings. The van der Waals surface area contributed by atoms with Crippen LogP contribution in [-0.2, 0) is 16.2 Å². The van der Waals surface area contributed by atoms with Crippen molar-refractivity contribution in [3.8, 4) is 11.8 Å². The Balaban J connectivity index is 1.48. The highest BCUT2D eigenvalue weighted by atomic mass is 16.5. The molecule has 4 amide bonds. The molecule has 0 unspecified atom stereocenters. The number of rotatable bonds is 5. The van der Waals surface area contributed by atoms with Crippen molar-refractivity contribution in [2.75, 3.05) is 0 Å². The molecule has 4 rings (SSSR count). The topological polar surface area (TPSA) is 99.5 Å². The molecule has 0 aromatic heterocycles. The van der Waals surface area contributed by atoms with Gasteiger partial charge < -0.3 is 4.74 Å². The number of urea groups is 1. The molecule has 1 aliphatic carbocycles. The maximum atomic E-state index is 12.8. The van der Waals surface area contributed by atoms with E-state index in [1.807, 2.05) is 12.1 Å². The highest BCUT2D eigenvalue weighted by Crippen LogP contribution is 2.27. The van der Waals surface area contributed by atoms with Crippen LogP contribution < -0.4 is 10.1 Å². The van der Waals surface area contributed by atoms with Gasteiger partial charge in [0.2, 0.25) is 0 Å². The average molecular weight is 415 g/mol. The number of amides is 4. The minimum absolute atomic E-state index is 0.0527. The van der Waals surface area contributed by atoms with Crippen molar-refractivity contribution in [3.63, 3.8) is 0 Å². The first kappa shape index (κ1) is 20.4. The van der Waals surface area contributed by atoms with Gasteiger partial charge in [0.25, 0.3) is 11.8 Å². The van der Waals surface area contributed by atoms with Crippen molar-refractivity contribution in [3.05, 3.63) is 70.8 Å². The van der Waals surface area contributed by atoms with Crippen LogP contribution in [0.4, 0.5) is 4.79 Å². The Kier molecular flexibility index (Phi) is 5.80. The van der Waals surface area contributed by atoms with Gasteiger partial charge in [-0.05, 0) is 42.7 Å². The van der Waals surface area contributed by atoms with E-state index in [0.29, 0.717) is 16.9 Å². The zero-order valence-electron chi connectivity index (χ0n) is 16.8. The second-order valence-corrected chi connectivity index (χ2v) is 7.56. The first-order valence-electron chi connectivity index (χ1n) is 10.2. The largest absolute Gasteiger partial charge is 0.489 e. The van der Waals surface area contributed by atoms with Crippen LogP contribution in [0.3, 0.4) is 0 Å². The number of carbonyl (C=O) groups is 3. The molecule has 7 nitrogen and oxygen atoms in total. The number of nitriles is 1. The van der Waals surface area contributed by atoms with E-state index in [0.717, 1.165) is 31.2 Å². The summed E-state index contributed by atoms with van der Waals surface area (Å²) in [5, 5.41) is 11.4. The number of hydrogen-bond acceptors (Lipinski definition) is 5. The molecule has 1 aliphatic heterocycles. The zero-order chi connectivity index (χ0) is 21.8. The van der Waals surface area contributed by atoms with Gasteiger partial charge in [0.1, 0.15) is 17.9 Å². The molecular formula is C24H21N3O4. The molecule has 2 aromatic rings. The zero-order valence-corrected chi connectivity index (χ0v) is 16.8. The first-order valence-corrected chi connectivity index (χ1v) is 10.2. The monoisotopic (exact) mass is 415 g/mol. The maximum Gasteiger partial charge on any atom is 0.331 e. The summed E-state index contributed by atoms with van der Waals surface area (Å²) in [4.78, 5) is 38.5. The van der Waals surface area contributed by atoms with Crippen molar-refractivity contribution < 1.29 is 19.1 Å². The van der Waals surface area contributed by atoms with Gasteiger partial charge in [-0.15, -0.1) is 0 Å².